The van der Waals surface area contributed by atoms with Gasteiger partial charge in [-0.1, -0.05) is 30.3 Å². The third-order valence-corrected chi connectivity index (χ3v) is 9.09. The molecule has 0 aromatic heterocycles. The van der Waals surface area contributed by atoms with Gasteiger partial charge in [0, 0.05) is 44.4 Å². The molecule has 3 aliphatic carbocycles. The Labute approximate surface area is 243 Å². The van der Waals surface area contributed by atoms with Crippen molar-refractivity contribution in [2.24, 2.45) is 29.4 Å². The molecule has 5 rings (SSSR count). The van der Waals surface area contributed by atoms with Gasteiger partial charge in [0.05, 0.1) is 17.5 Å². The molecular formula is C31H36N4O7. The van der Waals surface area contributed by atoms with Crippen LogP contribution in [0.3, 0.4) is 0 Å². The Bertz CT molecular complexity index is 1490. The lowest BCUT2D eigenvalue weighted by molar-refractivity contribution is -0.181. The molecule has 3 aliphatic rings. The van der Waals surface area contributed by atoms with Crippen LogP contribution in [0.25, 0.3) is 0 Å². The number of carbonyl (C=O) groups is 5. The van der Waals surface area contributed by atoms with Crippen LogP contribution in [-0.4, -0.2) is 84.0 Å². The summed E-state index contributed by atoms with van der Waals surface area (Å²) >= 11 is 0. The number of aliphatic hydroxyl groups is 1. The van der Waals surface area contributed by atoms with Crippen LogP contribution >= 0.6 is 0 Å². The molecule has 2 fully saturated rings. The van der Waals surface area contributed by atoms with Crippen molar-refractivity contribution in [3.63, 3.8) is 0 Å². The third-order valence-electron chi connectivity index (χ3n) is 9.09. The molecular weight excluding hydrogens is 540 g/mol. The predicted octanol–water partition coefficient (Wildman–Crippen LogP) is 0.223. The predicted molar refractivity (Wildman–Crippen MR) is 153 cm³/mol. The van der Waals surface area contributed by atoms with Crippen LogP contribution in [0, 0.1) is 23.7 Å². The van der Waals surface area contributed by atoms with Gasteiger partial charge in [0.15, 0.2) is 34.7 Å². The number of hydrogen-bond acceptors (Lipinski definition) is 10. The van der Waals surface area contributed by atoms with E-state index in [0.717, 1.165) is 5.56 Å². The number of nitrogens with one attached hydrogen (secondary N) is 1. The molecule has 42 heavy (non-hydrogen) atoms. The van der Waals surface area contributed by atoms with Crippen LogP contribution < -0.4 is 16.0 Å². The van der Waals surface area contributed by atoms with Crippen LogP contribution in [0.2, 0.25) is 0 Å². The third kappa shape index (κ3) is 4.43. The Hall–Kier alpha value is -3.93. The maximum atomic E-state index is 14.1. The molecule has 2 aromatic rings. The minimum atomic E-state index is -2.74. The lowest BCUT2D eigenvalue weighted by atomic mass is 9.52. The number of fused-ring (bicyclic) bond motifs is 3. The number of rotatable bonds is 7. The van der Waals surface area contributed by atoms with Crippen molar-refractivity contribution in [3.8, 4) is 5.75 Å². The van der Waals surface area contributed by atoms with Gasteiger partial charge in [0.25, 0.3) is 0 Å². The van der Waals surface area contributed by atoms with E-state index in [-0.39, 0.29) is 30.7 Å². The van der Waals surface area contributed by atoms with Crippen molar-refractivity contribution in [3.05, 3.63) is 58.7 Å². The molecule has 2 aromatic carbocycles. The summed E-state index contributed by atoms with van der Waals surface area (Å²) in [5.41, 5.74) is 5.40. The number of phenolic OH excluding ortho intramolecular Hbond substituents is 1. The topological polar surface area (TPSA) is 170 Å². The number of carbonyl (C=O) groups excluding carboxylic acids is 5. The van der Waals surface area contributed by atoms with Crippen LogP contribution in [0.5, 0.6) is 5.75 Å². The average Bonchev–Trinajstić information content (AvgIpc) is 2.92. The minimum Gasteiger partial charge on any atom is -0.507 e. The molecule has 5 N–H and O–H groups in total. The lowest BCUT2D eigenvalue weighted by Gasteiger charge is -2.52. The number of likely N-dealkylation sites (N-methyl/N-ethyl adjacent to an activating group) is 1. The minimum absolute atomic E-state index is 0.00990. The summed E-state index contributed by atoms with van der Waals surface area (Å²) in [4.78, 5) is 70.3. The fourth-order valence-corrected chi connectivity index (χ4v) is 7.18. The van der Waals surface area contributed by atoms with E-state index in [1.807, 2.05) is 55.4 Å². The molecule has 0 bridgehead atoms. The molecule has 0 aliphatic heterocycles. The van der Waals surface area contributed by atoms with E-state index in [1.54, 1.807) is 14.1 Å². The standard InChI is InChI=1S/C31H36N4O7/c1-34(2)20-12-17(14-33-13-15-8-6-5-7-9-15)25(36)22-18(20)10-16-11-19-24(35(3)4)27(38)23(30(32)41)29(40)31(19,42)28(39)21(16)26(22)37/h5-9,12,16,19,21,23-24,33,36,42H,10-11,13-14H2,1-4H3,(H2,32,41)/t16-,19-,21?,23?,24?,31-/m0/s1. The first-order valence-corrected chi connectivity index (χ1v) is 13.9. The van der Waals surface area contributed by atoms with Crippen molar-refractivity contribution in [1.29, 1.82) is 0 Å². The molecule has 3 unspecified atom stereocenters. The Balaban J connectivity index is 1.56. The fourth-order valence-electron chi connectivity index (χ4n) is 7.18. The van der Waals surface area contributed by atoms with Gasteiger partial charge in [-0.2, -0.15) is 0 Å². The smallest absolute Gasteiger partial charge is 0.235 e. The lowest BCUT2D eigenvalue weighted by Crippen LogP contribution is -2.74. The first-order chi connectivity index (χ1) is 19.8. The van der Waals surface area contributed by atoms with E-state index in [2.05, 4.69) is 5.32 Å². The monoisotopic (exact) mass is 576 g/mol. The summed E-state index contributed by atoms with van der Waals surface area (Å²) in [6.07, 6.45) is 0.225. The number of nitrogens with zero attached hydrogens (tertiary/aromatic N) is 2. The van der Waals surface area contributed by atoms with E-state index in [0.29, 0.717) is 23.4 Å². The molecule has 0 saturated heterocycles. The second-order valence-corrected chi connectivity index (χ2v) is 12.0. The zero-order chi connectivity index (χ0) is 30.7. The van der Waals surface area contributed by atoms with E-state index >= 15 is 0 Å². The second kappa shape index (κ2) is 10.7. The summed E-state index contributed by atoms with van der Waals surface area (Å²) in [6.45, 7) is 0.761. The van der Waals surface area contributed by atoms with E-state index in [9.17, 15) is 34.2 Å². The Morgan fingerprint density at radius 3 is 2.31 bits per heavy atom. The van der Waals surface area contributed by atoms with Gasteiger partial charge in [-0.25, -0.2) is 0 Å². The van der Waals surface area contributed by atoms with Gasteiger partial charge in [-0.15, -0.1) is 0 Å². The van der Waals surface area contributed by atoms with E-state index in [1.165, 1.54) is 4.90 Å². The first-order valence-electron chi connectivity index (χ1n) is 13.9. The highest BCUT2D eigenvalue weighted by Crippen LogP contribution is 2.52. The molecule has 11 heteroatoms. The number of anilines is 1. The van der Waals surface area contributed by atoms with Crippen LogP contribution in [-0.2, 0) is 38.7 Å². The number of ketones is 4. The van der Waals surface area contributed by atoms with Gasteiger partial charge in [0.1, 0.15) is 5.75 Å². The fraction of sp³-hybridized carbons (Fsp3) is 0.452. The summed E-state index contributed by atoms with van der Waals surface area (Å²) < 4.78 is 0. The molecule has 0 heterocycles. The zero-order valence-electron chi connectivity index (χ0n) is 24.1. The van der Waals surface area contributed by atoms with Crippen molar-refractivity contribution >= 4 is 34.7 Å². The van der Waals surface area contributed by atoms with Crippen LogP contribution in [0.1, 0.15) is 33.5 Å². The Kier molecular flexibility index (Phi) is 7.55. The van der Waals surface area contributed by atoms with Gasteiger partial charge in [-0.3, -0.25) is 28.9 Å². The molecule has 0 spiro atoms. The van der Waals surface area contributed by atoms with Gasteiger partial charge >= 0.3 is 0 Å². The molecule has 0 radical (unpaired) electrons. The SMILES string of the molecule is CN(C)c1cc(CNCc2ccccc2)c(O)c2c1C[C@H]1C[C@H]3C(N(C)C)C(=O)C(C(N)=O)C(=O)[C@@]3(O)C(=O)C1C2=O. The molecule has 11 nitrogen and oxygen atoms in total. The van der Waals surface area contributed by atoms with Crippen molar-refractivity contribution in [2.45, 2.75) is 37.6 Å². The van der Waals surface area contributed by atoms with E-state index < -0.39 is 64.4 Å². The maximum Gasteiger partial charge on any atom is 0.235 e. The molecule has 222 valence electrons. The number of phenols is 1. The molecule has 1 amide bonds. The number of amides is 1. The highest BCUT2D eigenvalue weighted by atomic mass is 16.3. The largest absolute Gasteiger partial charge is 0.507 e. The molecule has 6 atom stereocenters. The van der Waals surface area contributed by atoms with Crippen molar-refractivity contribution < 1.29 is 34.2 Å². The Morgan fingerprint density at radius 1 is 1.05 bits per heavy atom. The number of hydrogen-bond donors (Lipinski definition) is 4. The number of nitrogens with two attached hydrogens (primary N) is 1. The van der Waals surface area contributed by atoms with Gasteiger partial charge < -0.3 is 26.2 Å². The highest BCUT2D eigenvalue weighted by Gasteiger charge is 2.69. The van der Waals surface area contributed by atoms with Crippen molar-refractivity contribution in [1.82, 2.24) is 10.2 Å². The Morgan fingerprint density at radius 2 is 1.71 bits per heavy atom. The van der Waals surface area contributed by atoms with E-state index in [4.69, 9.17) is 5.73 Å². The maximum absolute atomic E-state index is 14.1. The van der Waals surface area contributed by atoms with Gasteiger partial charge in [0.2, 0.25) is 5.91 Å². The van der Waals surface area contributed by atoms with Crippen LogP contribution in [0.4, 0.5) is 5.69 Å². The number of aromatic hydroxyl groups is 1. The highest BCUT2D eigenvalue weighted by molar-refractivity contribution is 6.32. The summed E-state index contributed by atoms with van der Waals surface area (Å²) in [6, 6.07) is 10.4. The number of Topliss-reactive ketones (excluding diaryl/α,β-unsaturated/α-hetero) is 4. The summed E-state index contributed by atoms with van der Waals surface area (Å²) in [7, 11) is 6.76. The molecule has 2 saturated carbocycles. The number of benzene rings is 2. The first kappa shape index (κ1) is 29.6. The second-order valence-electron chi connectivity index (χ2n) is 12.0. The quantitative estimate of drug-likeness (QED) is 0.335. The van der Waals surface area contributed by atoms with Crippen molar-refractivity contribution in [2.75, 3.05) is 33.1 Å². The summed E-state index contributed by atoms with van der Waals surface area (Å²) in [5.74, 6) is -10.5. The van der Waals surface area contributed by atoms with Gasteiger partial charge in [-0.05, 0) is 50.0 Å². The van der Waals surface area contributed by atoms with Crippen LogP contribution in [0.15, 0.2) is 36.4 Å². The summed E-state index contributed by atoms with van der Waals surface area (Å²) in [5, 5.41) is 26.4. The average molecular weight is 577 g/mol. The normalized spacial score (nSPS) is 28.8. The zero-order valence-corrected chi connectivity index (χ0v) is 24.1. The number of primary amides is 1.